The van der Waals surface area contributed by atoms with Gasteiger partial charge in [0.1, 0.15) is 0 Å². The summed E-state index contributed by atoms with van der Waals surface area (Å²) >= 11 is 0. The molecule has 0 unspecified atom stereocenters. The van der Waals surface area contributed by atoms with Crippen molar-refractivity contribution in [2.45, 2.75) is 33.4 Å². The summed E-state index contributed by atoms with van der Waals surface area (Å²) in [5.41, 5.74) is 7.31. The van der Waals surface area contributed by atoms with Crippen LogP contribution in [0.3, 0.4) is 0 Å². The van der Waals surface area contributed by atoms with E-state index in [1.165, 1.54) is 8.61 Å². The Balaban J connectivity index is 2.99. The highest BCUT2D eigenvalue weighted by Crippen LogP contribution is 2.18. The van der Waals surface area contributed by atoms with Crippen molar-refractivity contribution in [2.75, 3.05) is 19.3 Å². The number of nitrogens with two attached hydrogens (primary N) is 1. The van der Waals surface area contributed by atoms with Crippen molar-refractivity contribution < 1.29 is 8.42 Å². The lowest BCUT2D eigenvalue weighted by atomic mass is 10.2. The standard InChI is InChI=1S/C13H23N3O2S/c1-5-16(19(17,18)15(4)11(2)3)10-12-8-6-7-9-13(12)14/h6-9,11H,5,10,14H2,1-4H3. The molecule has 0 aliphatic heterocycles. The van der Waals surface area contributed by atoms with E-state index in [2.05, 4.69) is 0 Å². The van der Waals surface area contributed by atoms with Crippen LogP contribution in [0.2, 0.25) is 0 Å². The van der Waals surface area contributed by atoms with E-state index < -0.39 is 10.2 Å². The van der Waals surface area contributed by atoms with E-state index in [0.29, 0.717) is 18.8 Å². The molecular weight excluding hydrogens is 262 g/mol. The third-order valence-electron chi connectivity index (χ3n) is 3.17. The molecule has 0 saturated carbocycles. The van der Waals surface area contributed by atoms with Gasteiger partial charge in [-0.1, -0.05) is 25.1 Å². The Bertz CT molecular complexity index is 514. The molecule has 0 atom stereocenters. The number of benzene rings is 1. The molecule has 5 nitrogen and oxygen atoms in total. The molecule has 0 bridgehead atoms. The molecule has 0 amide bonds. The van der Waals surface area contributed by atoms with Gasteiger partial charge in [-0.2, -0.15) is 17.0 Å². The number of para-hydroxylation sites is 1. The van der Waals surface area contributed by atoms with Gasteiger partial charge < -0.3 is 5.73 Å². The topological polar surface area (TPSA) is 66.6 Å². The summed E-state index contributed by atoms with van der Waals surface area (Å²) in [6, 6.07) is 7.25. The molecule has 1 aromatic rings. The van der Waals surface area contributed by atoms with Gasteiger partial charge in [0.15, 0.2) is 0 Å². The quantitative estimate of drug-likeness (QED) is 0.809. The van der Waals surface area contributed by atoms with Crippen molar-refractivity contribution in [3.63, 3.8) is 0 Å². The summed E-state index contributed by atoms with van der Waals surface area (Å²) in [4.78, 5) is 0. The van der Waals surface area contributed by atoms with Crippen LogP contribution >= 0.6 is 0 Å². The van der Waals surface area contributed by atoms with E-state index in [0.717, 1.165) is 5.56 Å². The molecule has 1 aromatic carbocycles. The van der Waals surface area contributed by atoms with Crippen LogP contribution in [0.25, 0.3) is 0 Å². The zero-order chi connectivity index (χ0) is 14.6. The highest BCUT2D eigenvalue weighted by Gasteiger charge is 2.27. The lowest BCUT2D eigenvalue weighted by Gasteiger charge is -2.29. The molecule has 0 aromatic heterocycles. The summed E-state index contributed by atoms with van der Waals surface area (Å²) in [7, 11) is -1.86. The lowest BCUT2D eigenvalue weighted by Crippen LogP contribution is -2.44. The average molecular weight is 285 g/mol. The molecule has 6 heteroatoms. The monoisotopic (exact) mass is 285 g/mol. The average Bonchev–Trinajstić information content (AvgIpc) is 2.36. The van der Waals surface area contributed by atoms with Gasteiger partial charge in [0.25, 0.3) is 10.2 Å². The molecule has 0 aliphatic carbocycles. The van der Waals surface area contributed by atoms with E-state index in [9.17, 15) is 8.42 Å². The molecule has 0 fully saturated rings. The minimum absolute atomic E-state index is 0.0767. The maximum absolute atomic E-state index is 12.4. The van der Waals surface area contributed by atoms with Crippen molar-refractivity contribution in [3.8, 4) is 0 Å². The van der Waals surface area contributed by atoms with Gasteiger partial charge in [0, 0.05) is 31.9 Å². The molecule has 0 heterocycles. The molecule has 0 spiro atoms. The fourth-order valence-electron chi connectivity index (χ4n) is 1.67. The minimum Gasteiger partial charge on any atom is -0.398 e. The summed E-state index contributed by atoms with van der Waals surface area (Å²) in [6.07, 6.45) is 0. The predicted octanol–water partition coefficient (Wildman–Crippen LogP) is 1.68. The first kappa shape index (κ1) is 15.9. The van der Waals surface area contributed by atoms with Crippen LogP contribution in [0, 0.1) is 0 Å². The number of nitrogen functional groups attached to an aromatic ring is 1. The Labute approximate surface area is 116 Å². The fourth-order valence-corrected chi connectivity index (χ4v) is 3.20. The summed E-state index contributed by atoms with van der Waals surface area (Å²) < 4.78 is 27.7. The number of anilines is 1. The Morgan fingerprint density at radius 2 is 1.84 bits per heavy atom. The van der Waals surface area contributed by atoms with Gasteiger partial charge in [-0.25, -0.2) is 0 Å². The largest absolute Gasteiger partial charge is 0.398 e. The molecule has 0 aliphatic rings. The van der Waals surface area contributed by atoms with Crippen molar-refractivity contribution in [3.05, 3.63) is 29.8 Å². The Hall–Kier alpha value is -1.11. The first-order chi connectivity index (χ1) is 8.80. The zero-order valence-corrected chi connectivity index (χ0v) is 12.8. The van der Waals surface area contributed by atoms with Crippen molar-refractivity contribution >= 4 is 15.9 Å². The number of nitrogens with zero attached hydrogens (tertiary/aromatic N) is 2. The van der Waals surface area contributed by atoms with Crippen LogP contribution in [0.4, 0.5) is 5.69 Å². The van der Waals surface area contributed by atoms with Crippen LogP contribution in [0.1, 0.15) is 26.3 Å². The molecule has 2 N–H and O–H groups in total. The third-order valence-corrected chi connectivity index (χ3v) is 5.36. The number of rotatable bonds is 6. The molecule has 1 rings (SSSR count). The SMILES string of the molecule is CCN(Cc1ccccc1N)S(=O)(=O)N(C)C(C)C. The van der Waals surface area contributed by atoms with Crippen LogP contribution in [-0.4, -0.2) is 36.7 Å². The second kappa shape index (κ2) is 6.36. The minimum atomic E-state index is -3.45. The van der Waals surface area contributed by atoms with Gasteiger partial charge in [0.2, 0.25) is 0 Å². The van der Waals surface area contributed by atoms with Crippen LogP contribution in [0.5, 0.6) is 0 Å². The zero-order valence-electron chi connectivity index (χ0n) is 12.0. The molecule has 0 radical (unpaired) electrons. The van der Waals surface area contributed by atoms with Crippen LogP contribution < -0.4 is 5.73 Å². The van der Waals surface area contributed by atoms with E-state index in [1.807, 2.05) is 39.0 Å². The Morgan fingerprint density at radius 1 is 1.26 bits per heavy atom. The van der Waals surface area contributed by atoms with Gasteiger partial charge in [-0.3, -0.25) is 0 Å². The summed E-state index contributed by atoms with van der Waals surface area (Å²) in [5.74, 6) is 0. The first-order valence-electron chi connectivity index (χ1n) is 6.37. The lowest BCUT2D eigenvalue weighted by molar-refractivity contribution is 0.338. The van der Waals surface area contributed by atoms with Crippen LogP contribution in [-0.2, 0) is 16.8 Å². The normalized spacial score (nSPS) is 12.6. The predicted molar refractivity (Wildman–Crippen MR) is 78.8 cm³/mol. The van der Waals surface area contributed by atoms with Gasteiger partial charge >= 0.3 is 0 Å². The van der Waals surface area contributed by atoms with E-state index in [-0.39, 0.29) is 6.04 Å². The maximum Gasteiger partial charge on any atom is 0.282 e. The van der Waals surface area contributed by atoms with Crippen molar-refractivity contribution in [1.82, 2.24) is 8.61 Å². The van der Waals surface area contributed by atoms with Gasteiger partial charge in [0.05, 0.1) is 0 Å². The van der Waals surface area contributed by atoms with Gasteiger partial charge in [-0.05, 0) is 25.5 Å². The second-order valence-corrected chi connectivity index (χ2v) is 6.73. The molecule has 108 valence electrons. The summed E-state index contributed by atoms with van der Waals surface area (Å²) in [6.45, 7) is 6.23. The molecule has 19 heavy (non-hydrogen) atoms. The second-order valence-electron chi connectivity index (χ2n) is 4.74. The third kappa shape index (κ3) is 3.68. The van der Waals surface area contributed by atoms with Crippen LogP contribution in [0.15, 0.2) is 24.3 Å². The fraction of sp³-hybridized carbons (Fsp3) is 0.538. The van der Waals surface area contributed by atoms with E-state index >= 15 is 0 Å². The molecule has 0 saturated heterocycles. The van der Waals surface area contributed by atoms with Crippen molar-refractivity contribution in [1.29, 1.82) is 0 Å². The van der Waals surface area contributed by atoms with E-state index in [4.69, 9.17) is 5.73 Å². The summed E-state index contributed by atoms with van der Waals surface area (Å²) in [5, 5.41) is 0. The van der Waals surface area contributed by atoms with Gasteiger partial charge in [-0.15, -0.1) is 0 Å². The Morgan fingerprint density at radius 3 is 2.32 bits per heavy atom. The Kier molecular flexibility index (Phi) is 5.34. The van der Waals surface area contributed by atoms with Crippen molar-refractivity contribution in [2.24, 2.45) is 0 Å². The highest BCUT2D eigenvalue weighted by molar-refractivity contribution is 7.86. The number of hydrogen-bond acceptors (Lipinski definition) is 3. The first-order valence-corrected chi connectivity index (χ1v) is 7.76. The number of hydrogen-bond donors (Lipinski definition) is 1. The molecular formula is C13H23N3O2S. The maximum atomic E-state index is 12.4. The highest BCUT2D eigenvalue weighted by atomic mass is 32.2. The van der Waals surface area contributed by atoms with E-state index in [1.54, 1.807) is 13.1 Å². The smallest absolute Gasteiger partial charge is 0.282 e.